The van der Waals surface area contributed by atoms with Crippen LogP contribution in [0, 0.1) is 0 Å². The third-order valence-electron chi connectivity index (χ3n) is 1.93. The van der Waals surface area contributed by atoms with E-state index in [-0.39, 0.29) is 0 Å². The first kappa shape index (κ1) is 12.5. The zero-order valence-corrected chi connectivity index (χ0v) is 9.18. The van der Waals surface area contributed by atoms with Crippen molar-refractivity contribution in [1.82, 2.24) is 4.90 Å². The van der Waals surface area contributed by atoms with E-state index < -0.39 is 12.1 Å². The average Bonchev–Trinajstić information content (AvgIpc) is 2.30. The number of ether oxygens (including phenoxy) is 3. The first-order valence-electron chi connectivity index (χ1n) is 5.10. The maximum Gasteiger partial charge on any atom is 0.414 e. The number of carbonyl (C=O) groups is 2. The minimum Gasteiger partial charge on any atom is -0.463 e. The summed E-state index contributed by atoms with van der Waals surface area (Å²) in [5.41, 5.74) is 0. The summed E-state index contributed by atoms with van der Waals surface area (Å²) in [6, 6.07) is 0. The van der Waals surface area contributed by atoms with Crippen LogP contribution in [0.2, 0.25) is 0 Å². The van der Waals surface area contributed by atoms with Crippen molar-refractivity contribution in [3.8, 4) is 0 Å². The Balaban J connectivity index is 2.25. The van der Waals surface area contributed by atoms with E-state index in [4.69, 9.17) is 9.47 Å². The number of hydrogen-bond acceptors (Lipinski definition) is 5. The van der Waals surface area contributed by atoms with Crippen LogP contribution >= 0.6 is 0 Å². The van der Waals surface area contributed by atoms with Crippen molar-refractivity contribution in [2.45, 2.75) is 6.92 Å². The second kappa shape index (κ2) is 6.84. The van der Waals surface area contributed by atoms with E-state index in [1.54, 1.807) is 6.92 Å². The molecule has 1 heterocycles. The van der Waals surface area contributed by atoms with Crippen LogP contribution in [0.3, 0.4) is 0 Å². The number of hydrogen-bond donors (Lipinski definition) is 0. The van der Waals surface area contributed by atoms with Gasteiger partial charge in [0.15, 0.2) is 0 Å². The van der Waals surface area contributed by atoms with Gasteiger partial charge in [0, 0.05) is 13.1 Å². The average molecular weight is 229 g/mol. The molecular formula is C10H15NO5. The number of esters is 1. The van der Waals surface area contributed by atoms with Crippen molar-refractivity contribution in [2.24, 2.45) is 0 Å². The van der Waals surface area contributed by atoms with Gasteiger partial charge in [0.1, 0.15) is 6.26 Å². The van der Waals surface area contributed by atoms with Gasteiger partial charge in [-0.05, 0) is 6.92 Å². The molecule has 1 fully saturated rings. The second-order valence-electron chi connectivity index (χ2n) is 3.04. The molecule has 0 saturated carbocycles. The number of carbonyl (C=O) groups excluding carboxylic acids is 2. The lowest BCUT2D eigenvalue weighted by molar-refractivity contribution is -0.137. The van der Waals surface area contributed by atoms with Gasteiger partial charge in [-0.3, -0.25) is 0 Å². The number of nitrogens with zero attached hydrogens (tertiary/aromatic N) is 1. The summed E-state index contributed by atoms with van der Waals surface area (Å²) < 4.78 is 14.4. The first-order valence-corrected chi connectivity index (χ1v) is 5.10. The summed E-state index contributed by atoms with van der Waals surface area (Å²) in [5, 5.41) is 0. The molecule has 0 bridgehead atoms. The van der Waals surface area contributed by atoms with Crippen LogP contribution in [0.5, 0.6) is 0 Å². The summed E-state index contributed by atoms with van der Waals surface area (Å²) in [6.07, 6.45) is 1.63. The van der Waals surface area contributed by atoms with Gasteiger partial charge in [0.2, 0.25) is 0 Å². The van der Waals surface area contributed by atoms with E-state index in [9.17, 15) is 9.59 Å². The van der Waals surface area contributed by atoms with E-state index in [2.05, 4.69) is 4.74 Å². The van der Waals surface area contributed by atoms with E-state index in [0.29, 0.717) is 32.9 Å². The van der Waals surface area contributed by atoms with Gasteiger partial charge in [0.05, 0.1) is 25.9 Å². The van der Waals surface area contributed by atoms with Gasteiger partial charge in [-0.25, -0.2) is 9.59 Å². The molecule has 0 aromatic carbocycles. The van der Waals surface area contributed by atoms with Gasteiger partial charge in [-0.1, -0.05) is 0 Å². The minimum absolute atomic E-state index is 0.292. The molecule has 0 aliphatic carbocycles. The highest BCUT2D eigenvalue weighted by atomic mass is 16.6. The lowest BCUT2D eigenvalue weighted by Crippen LogP contribution is -2.40. The monoisotopic (exact) mass is 229 g/mol. The highest BCUT2D eigenvalue weighted by Crippen LogP contribution is 2.00. The van der Waals surface area contributed by atoms with E-state index in [1.807, 2.05) is 0 Å². The maximum atomic E-state index is 11.4. The highest BCUT2D eigenvalue weighted by Gasteiger charge is 2.17. The summed E-state index contributed by atoms with van der Waals surface area (Å²) >= 11 is 0. The fraction of sp³-hybridized carbons (Fsp3) is 0.600. The second-order valence-corrected chi connectivity index (χ2v) is 3.04. The normalized spacial score (nSPS) is 16.2. The van der Waals surface area contributed by atoms with Crippen LogP contribution in [-0.2, 0) is 19.0 Å². The van der Waals surface area contributed by atoms with Crippen molar-refractivity contribution in [2.75, 3.05) is 32.9 Å². The quantitative estimate of drug-likeness (QED) is 0.401. The Labute approximate surface area is 93.8 Å². The molecule has 1 aliphatic rings. The zero-order chi connectivity index (χ0) is 11.8. The van der Waals surface area contributed by atoms with Gasteiger partial charge >= 0.3 is 12.1 Å². The molecule has 6 nitrogen and oxygen atoms in total. The van der Waals surface area contributed by atoms with Crippen LogP contribution in [0.4, 0.5) is 4.79 Å². The molecule has 1 aliphatic heterocycles. The van der Waals surface area contributed by atoms with Gasteiger partial charge in [-0.15, -0.1) is 0 Å². The standard InChI is InChI=1S/C10H15NO5/c1-2-15-9(12)3-6-16-10(13)11-4-7-14-8-5-11/h3,6H,2,4-5,7-8H2,1H3. The summed E-state index contributed by atoms with van der Waals surface area (Å²) in [7, 11) is 0. The van der Waals surface area contributed by atoms with Crippen LogP contribution in [0.1, 0.15) is 6.92 Å². The Hall–Kier alpha value is -1.56. The van der Waals surface area contributed by atoms with E-state index in [1.165, 1.54) is 4.90 Å². The number of morpholine rings is 1. The van der Waals surface area contributed by atoms with Crippen LogP contribution < -0.4 is 0 Å². The van der Waals surface area contributed by atoms with Gasteiger partial charge in [-0.2, -0.15) is 0 Å². The zero-order valence-electron chi connectivity index (χ0n) is 9.18. The third kappa shape index (κ3) is 4.31. The van der Waals surface area contributed by atoms with Crippen molar-refractivity contribution in [3.05, 3.63) is 12.3 Å². The fourth-order valence-corrected chi connectivity index (χ4v) is 1.16. The Morgan fingerprint density at radius 3 is 2.69 bits per heavy atom. The number of amides is 1. The van der Waals surface area contributed by atoms with Crippen molar-refractivity contribution < 1.29 is 23.8 Å². The molecule has 0 atom stereocenters. The molecule has 16 heavy (non-hydrogen) atoms. The van der Waals surface area contributed by atoms with Crippen molar-refractivity contribution >= 4 is 12.1 Å². The molecule has 1 rings (SSSR count). The molecule has 0 aromatic heterocycles. The molecular weight excluding hydrogens is 214 g/mol. The highest BCUT2D eigenvalue weighted by molar-refractivity contribution is 5.82. The molecule has 1 saturated heterocycles. The maximum absolute atomic E-state index is 11.4. The van der Waals surface area contributed by atoms with Crippen molar-refractivity contribution in [1.29, 1.82) is 0 Å². The van der Waals surface area contributed by atoms with Crippen LogP contribution in [0.25, 0.3) is 0 Å². The predicted molar refractivity (Wildman–Crippen MR) is 54.6 cm³/mol. The molecule has 90 valence electrons. The lowest BCUT2D eigenvalue weighted by atomic mass is 10.5. The van der Waals surface area contributed by atoms with Gasteiger partial charge < -0.3 is 19.1 Å². The molecule has 6 heteroatoms. The molecule has 0 spiro atoms. The Bertz CT molecular complexity index is 270. The predicted octanol–water partition coefficient (Wildman–Crippen LogP) is 0.532. The van der Waals surface area contributed by atoms with Crippen LogP contribution in [0.15, 0.2) is 12.3 Å². The Morgan fingerprint density at radius 2 is 2.06 bits per heavy atom. The molecule has 0 aromatic rings. The third-order valence-corrected chi connectivity index (χ3v) is 1.93. The SMILES string of the molecule is CCOC(=O)C=COC(=O)N1CCOCC1. The summed E-state index contributed by atoms with van der Waals surface area (Å²) in [5.74, 6) is -0.530. The molecule has 0 unspecified atom stereocenters. The number of rotatable bonds is 3. The van der Waals surface area contributed by atoms with Gasteiger partial charge in [0.25, 0.3) is 0 Å². The Kier molecular flexibility index (Phi) is 5.35. The largest absolute Gasteiger partial charge is 0.463 e. The summed E-state index contributed by atoms with van der Waals surface area (Å²) in [4.78, 5) is 23.8. The topological polar surface area (TPSA) is 65.1 Å². The van der Waals surface area contributed by atoms with Crippen molar-refractivity contribution in [3.63, 3.8) is 0 Å². The van der Waals surface area contributed by atoms with Crippen LogP contribution in [-0.4, -0.2) is 49.9 Å². The molecule has 0 radical (unpaired) electrons. The van der Waals surface area contributed by atoms with E-state index in [0.717, 1.165) is 12.3 Å². The smallest absolute Gasteiger partial charge is 0.414 e. The summed E-state index contributed by atoms with van der Waals surface area (Å²) in [6.45, 7) is 4.03. The minimum atomic E-state index is -0.530. The molecule has 1 amide bonds. The fourth-order valence-electron chi connectivity index (χ4n) is 1.16. The van der Waals surface area contributed by atoms with E-state index >= 15 is 0 Å². The Morgan fingerprint density at radius 1 is 1.38 bits per heavy atom. The molecule has 0 N–H and O–H groups in total. The first-order chi connectivity index (χ1) is 7.74. The lowest BCUT2D eigenvalue weighted by Gasteiger charge is -2.25.